The van der Waals surface area contributed by atoms with Crippen LogP contribution in [0.4, 0.5) is 17.5 Å². The Morgan fingerprint density at radius 2 is 1.95 bits per heavy atom. The molecule has 1 heterocycles. The molecule has 0 aliphatic rings. The van der Waals surface area contributed by atoms with Gasteiger partial charge in [0.15, 0.2) is 0 Å². The minimum Gasteiger partial charge on any atom is -0.391 e. The van der Waals surface area contributed by atoms with Crippen molar-refractivity contribution < 1.29 is 10.0 Å². The second kappa shape index (κ2) is 7.72. The molecule has 0 saturated carbocycles. The Morgan fingerprint density at radius 1 is 1.33 bits per heavy atom. The number of rotatable bonds is 8. The van der Waals surface area contributed by atoms with Crippen molar-refractivity contribution in [2.24, 2.45) is 5.92 Å². The molecule has 1 unspecified atom stereocenters. The number of nitro groups is 1. The molecule has 1 rings (SSSR count). The van der Waals surface area contributed by atoms with Crippen LogP contribution in [-0.2, 0) is 0 Å². The summed E-state index contributed by atoms with van der Waals surface area (Å²) in [7, 11) is 1.64. The molecular weight excluding hydrogens is 274 g/mol. The molecule has 0 aromatic carbocycles. The first kappa shape index (κ1) is 17.1. The number of nitrogens with zero attached hydrogens (tertiary/aromatic N) is 3. The highest BCUT2D eigenvalue weighted by Gasteiger charge is 2.23. The SMILES string of the molecule is CCC(CC)C(O)CNc1nc(NC)nc(C)c1[N+](=O)[O-]. The molecule has 0 saturated heterocycles. The van der Waals surface area contributed by atoms with Crippen molar-refractivity contribution in [3.63, 3.8) is 0 Å². The van der Waals surface area contributed by atoms with Gasteiger partial charge in [0.25, 0.3) is 0 Å². The zero-order chi connectivity index (χ0) is 16.0. The zero-order valence-corrected chi connectivity index (χ0v) is 12.9. The maximum absolute atomic E-state index is 11.1. The summed E-state index contributed by atoms with van der Waals surface area (Å²) in [5.74, 6) is 0.586. The number of aryl methyl sites for hydroxylation is 1. The molecular formula is C13H23N5O3. The lowest BCUT2D eigenvalue weighted by molar-refractivity contribution is -0.385. The molecule has 8 nitrogen and oxygen atoms in total. The zero-order valence-electron chi connectivity index (χ0n) is 12.9. The van der Waals surface area contributed by atoms with E-state index in [1.54, 1.807) is 14.0 Å². The quantitative estimate of drug-likeness (QED) is 0.496. The summed E-state index contributed by atoms with van der Waals surface area (Å²) in [5, 5.41) is 26.9. The summed E-state index contributed by atoms with van der Waals surface area (Å²) >= 11 is 0. The molecule has 0 bridgehead atoms. The van der Waals surface area contributed by atoms with Crippen LogP contribution in [-0.4, -0.2) is 39.7 Å². The summed E-state index contributed by atoms with van der Waals surface area (Å²) in [4.78, 5) is 18.7. The van der Waals surface area contributed by atoms with E-state index in [2.05, 4.69) is 20.6 Å². The molecule has 0 spiro atoms. The van der Waals surface area contributed by atoms with Crippen LogP contribution in [0.3, 0.4) is 0 Å². The average molecular weight is 297 g/mol. The highest BCUT2D eigenvalue weighted by atomic mass is 16.6. The average Bonchev–Trinajstić information content (AvgIpc) is 2.45. The second-order valence-corrected chi connectivity index (χ2v) is 4.86. The predicted molar refractivity (Wildman–Crippen MR) is 81.5 cm³/mol. The van der Waals surface area contributed by atoms with Crippen molar-refractivity contribution in [3.8, 4) is 0 Å². The molecule has 1 aromatic heterocycles. The lowest BCUT2D eigenvalue weighted by Gasteiger charge is -2.20. The summed E-state index contributed by atoms with van der Waals surface area (Å²) in [6.07, 6.45) is 1.13. The fraction of sp³-hybridized carbons (Fsp3) is 0.692. The van der Waals surface area contributed by atoms with Gasteiger partial charge in [0, 0.05) is 13.6 Å². The topological polar surface area (TPSA) is 113 Å². The van der Waals surface area contributed by atoms with Gasteiger partial charge in [0.1, 0.15) is 5.69 Å². The van der Waals surface area contributed by atoms with E-state index in [9.17, 15) is 15.2 Å². The van der Waals surface area contributed by atoms with Crippen LogP contribution in [0.25, 0.3) is 0 Å². The summed E-state index contributed by atoms with van der Waals surface area (Å²) in [6, 6.07) is 0. The summed E-state index contributed by atoms with van der Waals surface area (Å²) < 4.78 is 0. The Hall–Kier alpha value is -1.96. The first-order valence-electron chi connectivity index (χ1n) is 7.07. The molecule has 1 aromatic rings. The minimum atomic E-state index is -0.576. The van der Waals surface area contributed by atoms with Crippen molar-refractivity contribution in [2.75, 3.05) is 24.2 Å². The van der Waals surface area contributed by atoms with Gasteiger partial charge in [-0.15, -0.1) is 0 Å². The lowest BCUT2D eigenvalue weighted by Crippen LogP contribution is -2.28. The van der Waals surface area contributed by atoms with Crippen LogP contribution >= 0.6 is 0 Å². The van der Waals surface area contributed by atoms with Gasteiger partial charge >= 0.3 is 5.69 Å². The van der Waals surface area contributed by atoms with E-state index in [0.717, 1.165) is 12.8 Å². The van der Waals surface area contributed by atoms with Crippen molar-refractivity contribution >= 4 is 17.5 Å². The van der Waals surface area contributed by atoms with E-state index in [-0.39, 0.29) is 29.7 Å². The maximum Gasteiger partial charge on any atom is 0.332 e. The van der Waals surface area contributed by atoms with Crippen LogP contribution in [0.2, 0.25) is 0 Å². The third kappa shape index (κ3) is 4.25. The van der Waals surface area contributed by atoms with Gasteiger partial charge in [-0.2, -0.15) is 4.98 Å². The van der Waals surface area contributed by atoms with Gasteiger partial charge in [-0.3, -0.25) is 10.1 Å². The van der Waals surface area contributed by atoms with Crippen LogP contribution in [0, 0.1) is 23.0 Å². The van der Waals surface area contributed by atoms with E-state index < -0.39 is 11.0 Å². The molecule has 0 aliphatic heterocycles. The van der Waals surface area contributed by atoms with Crippen LogP contribution in [0.5, 0.6) is 0 Å². The molecule has 8 heteroatoms. The van der Waals surface area contributed by atoms with E-state index in [1.807, 2.05) is 13.8 Å². The fourth-order valence-corrected chi connectivity index (χ4v) is 2.22. The predicted octanol–water partition coefficient (Wildman–Crippen LogP) is 1.94. The smallest absolute Gasteiger partial charge is 0.332 e. The standard InChI is InChI=1S/C13H23N5O3/c1-5-9(6-2)10(19)7-15-12-11(18(20)21)8(3)16-13(14-4)17-12/h9-10,19H,5-7H2,1-4H3,(H2,14,15,16,17). The highest BCUT2D eigenvalue weighted by molar-refractivity contribution is 5.60. The third-order valence-corrected chi connectivity index (χ3v) is 3.54. The van der Waals surface area contributed by atoms with Gasteiger partial charge in [0.05, 0.1) is 11.0 Å². The molecule has 118 valence electrons. The number of hydrogen-bond acceptors (Lipinski definition) is 7. The van der Waals surface area contributed by atoms with E-state index in [0.29, 0.717) is 5.95 Å². The van der Waals surface area contributed by atoms with Crippen LogP contribution in [0.15, 0.2) is 0 Å². The number of aliphatic hydroxyl groups excluding tert-OH is 1. The minimum absolute atomic E-state index is 0.127. The molecule has 21 heavy (non-hydrogen) atoms. The largest absolute Gasteiger partial charge is 0.391 e. The van der Waals surface area contributed by atoms with E-state index in [1.165, 1.54) is 0 Å². The van der Waals surface area contributed by atoms with E-state index >= 15 is 0 Å². The molecule has 1 atom stereocenters. The first-order valence-corrected chi connectivity index (χ1v) is 7.07. The molecule has 0 aliphatic carbocycles. The Labute approximate surface area is 124 Å². The molecule has 0 fully saturated rings. The van der Waals surface area contributed by atoms with Crippen molar-refractivity contribution in [3.05, 3.63) is 15.8 Å². The molecule has 0 amide bonds. The van der Waals surface area contributed by atoms with Crippen molar-refractivity contribution in [2.45, 2.75) is 39.7 Å². The van der Waals surface area contributed by atoms with Crippen molar-refractivity contribution in [1.82, 2.24) is 9.97 Å². The van der Waals surface area contributed by atoms with Crippen molar-refractivity contribution in [1.29, 1.82) is 0 Å². The number of aromatic nitrogens is 2. The van der Waals surface area contributed by atoms with Gasteiger partial charge in [0.2, 0.25) is 11.8 Å². The van der Waals surface area contributed by atoms with Gasteiger partial charge in [-0.1, -0.05) is 26.7 Å². The summed E-state index contributed by atoms with van der Waals surface area (Å²) in [5.41, 5.74) is 0.115. The van der Waals surface area contributed by atoms with Gasteiger partial charge in [-0.05, 0) is 12.8 Å². The highest BCUT2D eigenvalue weighted by Crippen LogP contribution is 2.26. The van der Waals surface area contributed by atoms with Gasteiger partial charge < -0.3 is 15.7 Å². The molecule has 0 radical (unpaired) electrons. The van der Waals surface area contributed by atoms with Crippen LogP contribution < -0.4 is 10.6 Å². The monoisotopic (exact) mass is 297 g/mol. The molecule has 3 N–H and O–H groups in total. The normalized spacial score (nSPS) is 12.3. The Morgan fingerprint density at radius 3 is 2.43 bits per heavy atom. The number of anilines is 2. The number of hydrogen-bond donors (Lipinski definition) is 3. The Bertz CT molecular complexity index is 491. The van der Waals surface area contributed by atoms with E-state index in [4.69, 9.17) is 0 Å². The second-order valence-electron chi connectivity index (χ2n) is 4.86. The Kier molecular flexibility index (Phi) is 6.29. The number of aliphatic hydroxyl groups is 1. The van der Waals surface area contributed by atoms with Gasteiger partial charge in [-0.25, -0.2) is 4.98 Å². The Balaban J connectivity index is 2.96. The third-order valence-electron chi connectivity index (χ3n) is 3.54. The first-order chi connectivity index (χ1) is 9.94. The number of nitrogens with one attached hydrogen (secondary N) is 2. The maximum atomic E-state index is 11.1. The summed E-state index contributed by atoms with van der Waals surface area (Å²) in [6.45, 7) is 5.79. The fourth-order valence-electron chi connectivity index (χ4n) is 2.22. The van der Waals surface area contributed by atoms with Crippen LogP contribution in [0.1, 0.15) is 32.4 Å². The lowest BCUT2D eigenvalue weighted by atomic mass is 9.96.